The minimum absolute atomic E-state index is 0.140. The maximum absolute atomic E-state index is 12.4. The molecule has 7 nitrogen and oxygen atoms in total. The van der Waals surface area contributed by atoms with Crippen LogP contribution in [-0.2, 0) is 0 Å². The van der Waals surface area contributed by atoms with Crippen LogP contribution in [0, 0.1) is 0 Å². The quantitative estimate of drug-likeness (QED) is 0.288. The third-order valence-corrected chi connectivity index (χ3v) is 3.15. The fraction of sp³-hybridized carbons (Fsp3) is 0.429. The van der Waals surface area contributed by atoms with Gasteiger partial charge in [-0.1, -0.05) is 13.8 Å². The molecule has 1 aromatic rings. The third kappa shape index (κ3) is 5.31. The van der Waals surface area contributed by atoms with E-state index >= 15 is 0 Å². The molecule has 7 heteroatoms. The maximum Gasteiger partial charge on any atom is 0.274 e. The zero-order valence-electron chi connectivity index (χ0n) is 12.6. The molecule has 0 aliphatic rings. The number of carbonyl (C=O) groups excluding carboxylic acids is 1. The summed E-state index contributed by atoms with van der Waals surface area (Å²) in [5, 5.41) is 5.21. The first kappa shape index (κ1) is 16.8. The van der Waals surface area contributed by atoms with Gasteiger partial charge in [-0.3, -0.25) is 4.79 Å². The lowest BCUT2D eigenvalue weighted by Crippen LogP contribution is -2.38. The maximum atomic E-state index is 12.4. The molecular formula is C14H24N6O. The van der Waals surface area contributed by atoms with Crippen molar-refractivity contribution in [1.82, 2.24) is 9.91 Å². The standard InChI is InChI=1S/C14H24N6O/c1-3-19(4-2)9-10-20(18-14(16)17)13(21)11-5-7-12(15)8-6-11/h5-8H,3-4,9-10,15H2,1-2H3,(H4,16,17,18). The van der Waals surface area contributed by atoms with Gasteiger partial charge in [0.15, 0.2) is 0 Å². The lowest BCUT2D eigenvalue weighted by atomic mass is 10.2. The number of nitrogens with zero attached hydrogens (tertiary/aromatic N) is 3. The van der Waals surface area contributed by atoms with Crippen LogP contribution in [0.2, 0.25) is 0 Å². The normalized spacial score (nSPS) is 10.4. The van der Waals surface area contributed by atoms with Gasteiger partial charge in [-0.15, -0.1) is 5.10 Å². The van der Waals surface area contributed by atoms with Crippen LogP contribution in [-0.4, -0.2) is 48.0 Å². The highest BCUT2D eigenvalue weighted by Gasteiger charge is 2.16. The van der Waals surface area contributed by atoms with Gasteiger partial charge in [-0.25, -0.2) is 5.01 Å². The Labute approximate surface area is 125 Å². The van der Waals surface area contributed by atoms with Crippen LogP contribution in [0.25, 0.3) is 0 Å². The number of benzene rings is 1. The van der Waals surface area contributed by atoms with Crippen LogP contribution < -0.4 is 17.2 Å². The van der Waals surface area contributed by atoms with Gasteiger partial charge >= 0.3 is 0 Å². The highest BCUT2D eigenvalue weighted by molar-refractivity contribution is 5.95. The molecule has 0 unspecified atom stereocenters. The Morgan fingerprint density at radius 3 is 2.14 bits per heavy atom. The molecule has 0 aliphatic carbocycles. The molecule has 116 valence electrons. The SMILES string of the molecule is CCN(CC)CCN(N=C(N)N)C(=O)c1ccc(N)cc1. The largest absolute Gasteiger partial charge is 0.399 e. The van der Waals surface area contributed by atoms with E-state index < -0.39 is 0 Å². The number of nitrogens with two attached hydrogens (primary N) is 3. The number of rotatable bonds is 7. The predicted molar refractivity (Wildman–Crippen MR) is 85.5 cm³/mol. The average Bonchev–Trinajstić information content (AvgIpc) is 2.46. The zero-order chi connectivity index (χ0) is 15.8. The van der Waals surface area contributed by atoms with Gasteiger partial charge < -0.3 is 22.1 Å². The summed E-state index contributed by atoms with van der Waals surface area (Å²) in [5.74, 6) is -0.395. The van der Waals surface area contributed by atoms with Gasteiger partial charge in [-0.2, -0.15) is 0 Å². The molecule has 0 bridgehead atoms. The second kappa shape index (κ2) is 8.11. The van der Waals surface area contributed by atoms with Crippen LogP contribution in [0.3, 0.4) is 0 Å². The van der Waals surface area contributed by atoms with E-state index in [1.54, 1.807) is 24.3 Å². The number of likely N-dealkylation sites (N-methyl/N-ethyl adjacent to an activating group) is 1. The summed E-state index contributed by atoms with van der Waals surface area (Å²) in [6, 6.07) is 6.66. The average molecular weight is 292 g/mol. The Morgan fingerprint density at radius 2 is 1.67 bits per heavy atom. The fourth-order valence-electron chi connectivity index (χ4n) is 1.89. The first-order valence-corrected chi connectivity index (χ1v) is 6.97. The molecule has 0 aromatic heterocycles. The minimum Gasteiger partial charge on any atom is -0.399 e. The monoisotopic (exact) mass is 292 g/mol. The van der Waals surface area contributed by atoms with Crippen molar-refractivity contribution in [3.63, 3.8) is 0 Å². The smallest absolute Gasteiger partial charge is 0.274 e. The van der Waals surface area contributed by atoms with E-state index in [2.05, 4.69) is 23.8 Å². The van der Waals surface area contributed by atoms with E-state index in [0.29, 0.717) is 24.3 Å². The molecule has 0 saturated carbocycles. The van der Waals surface area contributed by atoms with Crippen molar-refractivity contribution < 1.29 is 4.79 Å². The van der Waals surface area contributed by atoms with E-state index in [1.165, 1.54) is 5.01 Å². The van der Waals surface area contributed by atoms with E-state index in [1.807, 2.05) is 0 Å². The minimum atomic E-state index is -0.254. The molecule has 21 heavy (non-hydrogen) atoms. The summed E-state index contributed by atoms with van der Waals surface area (Å²) < 4.78 is 0. The number of nitrogen functional groups attached to an aromatic ring is 1. The molecule has 1 rings (SSSR count). The molecule has 1 aromatic carbocycles. The van der Waals surface area contributed by atoms with Crippen LogP contribution in [0.15, 0.2) is 29.4 Å². The first-order valence-electron chi connectivity index (χ1n) is 6.97. The Bertz CT molecular complexity index is 477. The number of hydrazone groups is 1. The molecular weight excluding hydrogens is 268 g/mol. The van der Waals surface area contributed by atoms with Crippen LogP contribution in [0.5, 0.6) is 0 Å². The number of hydrogen-bond acceptors (Lipinski definition) is 4. The van der Waals surface area contributed by atoms with E-state index in [-0.39, 0.29) is 11.9 Å². The highest BCUT2D eigenvalue weighted by atomic mass is 16.2. The summed E-state index contributed by atoms with van der Waals surface area (Å²) in [6.45, 7) is 7.06. The number of guanidine groups is 1. The van der Waals surface area contributed by atoms with Crippen molar-refractivity contribution in [3.05, 3.63) is 29.8 Å². The van der Waals surface area contributed by atoms with Crippen molar-refractivity contribution >= 4 is 17.6 Å². The van der Waals surface area contributed by atoms with Crippen molar-refractivity contribution in [3.8, 4) is 0 Å². The topological polar surface area (TPSA) is 114 Å². The van der Waals surface area contributed by atoms with Crippen molar-refractivity contribution in [2.45, 2.75) is 13.8 Å². The van der Waals surface area contributed by atoms with Gasteiger partial charge in [0.1, 0.15) is 0 Å². The molecule has 6 N–H and O–H groups in total. The molecule has 0 atom stereocenters. The van der Waals surface area contributed by atoms with E-state index in [4.69, 9.17) is 17.2 Å². The summed E-state index contributed by atoms with van der Waals surface area (Å²) in [5.41, 5.74) is 17.5. The lowest BCUT2D eigenvalue weighted by molar-refractivity contribution is 0.0742. The number of amides is 1. The molecule has 0 saturated heterocycles. The molecule has 0 aliphatic heterocycles. The summed E-state index contributed by atoms with van der Waals surface area (Å²) >= 11 is 0. The number of hydrogen-bond donors (Lipinski definition) is 3. The summed E-state index contributed by atoms with van der Waals surface area (Å²) in [6.07, 6.45) is 0. The van der Waals surface area contributed by atoms with Crippen molar-refractivity contribution in [1.29, 1.82) is 0 Å². The third-order valence-electron chi connectivity index (χ3n) is 3.15. The summed E-state index contributed by atoms with van der Waals surface area (Å²) in [7, 11) is 0. The van der Waals surface area contributed by atoms with Crippen LogP contribution in [0.1, 0.15) is 24.2 Å². The molecule has 1 amide bonds. The Balaban J connectivity index is 2.84. The van der Waals surface area contributed by atoms with Gasteiger partial charge in [0.25, 0.3) is 5.91 Å². The zero-order valence-corrected chi connectivity index (χ0v) is 12.6. The van der Waals surface area contributed by atoms with Crippen LogP contribution >= 0.6 is 0 Å². The second-order valence-electron chi connectivity index (χ2n) is 4.60. The van der Waals surface area contributed by atoms with Crippen LogP contribution in [0.4, 0.5) is 5.69 Å². The summed E-state index contributed by atoms with van der Waals surface area (Å²) in [4.78, 5) is 14.6. The molecule has 0 heterocycles. The van der Waals surface area contributed by atoms with Gasteiger partial charge in [0.05, 0.1) is 6.54 Å². The second-order valence-corrected chi connectivity index (χ2v) is 4.60. The Hall–Kier alpha value is -2.28. The number of anilines is 1. The molecule has 0 fully saturated rings. The lowest BCUT2D eigenvalue weighted by Gasteiger charge is -2.23. The van der Waals surface area contributed by atoms with E-state index in [9.17, 15) is 4.79 Å². The van der Waals surface area contributed by atoms with Crippen molar-refractivity contribution in [2.75, 3.05) is 31.9 Å². The van der Waals surface area contributed by atoms with Gasteiger partial charge in [0.2, 0.25) is 5.96 Å². The predicted octanol–water partition coefficient (Wildman–Crippen LogP) is 0.241. The van der Waals surface area contributed by atoms with Crippen molar-refractivity contribution in [2.24, 2.45) is 16.6 Å². The molecule has 0 spiro atoms. The first-order chi connectivity index (χ1) is 9.97. The Kier molecular flexibility index (Phi) is 6.48. The fourth-order valence-corrected chi connectivity index (χ4v) is 1.89. The Morgan fingerprint density at radius 1 is 1.10 bits per heavy atom. The number of carbonyl (C=O) groups is 1. The van der Waals surface area contributed by atoms with E-state index in [0.717, 1.165) is 13.1 Å². The highest BCUT2D eigenvalue weighted by Crippen LogP contribution is 2.09. The molecule has 0 radical (unpaired) electrons. The van der Waals surface area contributed by atoms with Gasteiger partial charge in [0, 0.05) is 17.8 Å². The van der Waals surface area contributed by atoms with Gasteiger partial charge in [-0.05, 0) is 37.4 Å².